The molecule has 1 aromatic carbocycles. The highest BCUT2D eigenvalue weighted by molar-refractivity contribution is 5.91. The van der Waals surface area contributed by atoms with Gasteiger partial charge in [-0.05, 0) is 43.2 Å². The average molecular weight is 258 g/mol. The molecule has 0 spiro atoms. The summed E-state index contributed by atoms with van der Waals surface area (Å²) in [6, 6.07) is 10.1. The number of benzene rings is 1. The summed E-state index contributed by atoms with van der Waals surface area (Å²) in [7, 11) is 0. The van der Waals surface area contributed by atoms with E-state index in [-0.39, 0.29) is 5.97 Å². The summed E-state index contributed by atoms with van der Waals surface area (Å²) in [5, 5.41) is 0. The molecule has 0 fully saturated rings. The van der Waals surface area contributed by atoms with Crippen LogP contribution >= 0.6 is 0 Å². The summed E-state index contributed by atoms with van der Waals surface area (Å²) in [6.45, 7) is 3.80. The molecule has 4 nitrogen and oxygen atoms in total. The lowest BCUT2D eigenvalue weighted by Crippen LogP contribution is -2.04. The fraction of sp³-hybridized carbons (Fsp3) is 0.200. The summed E-state index contributed by atoms with van der Waals surface area (Å²) in [6.07, 6.45) is 0. The van der Waals surface area contributed by atoms with Crippen molar-refractivity contribution in [1.29, 1.82) is 0 Å². The number of ether oxygens (including phenoxy) is 1. The quantitative estimate of drug-likeness (QED) is 0.794. The summed E-state index contributed by atoms with van der Waals surface area (Å²) < 4.78 is 9.86. The van der Waals surface area contributed by atoms with E-state index in [0.717, 1.165) is 11.1 Å². The number of hydrogen-bond donors (Lipinski definition) is 0. The Kier molecular flexibility index (Phi) is 3.80. The van der Waals surface area contributed by atoms with E-state index in [1.807, 2.05) is 6.07 Å². The number of hydrogen-bond acceptors (Lipinski definition) is 4. The molecule has 0 amide bonds. The molecule has 0 aliphatic carbocycles. The molecule has 98 valence electrons. The molecule has 0 saturated carbocycles. The minimum atomic E-state index is -0.406. The standard InChI is InChI=1S/C15H14O4/c1-3-18-15(17)12-6-4-5-11(8-12)13-7-10(2)19-14(16)9-13/h4-9H,3H2,1-2H3. The molecule has 19 heavy (non-hydrogen) atoms. The molecule has 0 radical (unpaired) electrons. The fourth-order valence-electron chi connectivity index (χ4n) is 1.81. The van der Waals surface area contributed by atoms with Gasteiger partial charge in [0.05, 0.1) is 12.2 Å². The number of carbonyl (C=O) groups is 1. The molecule has 0 unspecified atom stereocenters. The maximum absolute atomic E-state index is 11.7. The SMILES string of the molecule is CCOC(=O)c1cccc(-c2cc(C)oc(=O)c2)c1. The predicted octanol–water partition coefficient (Wildman–Crippen LogP) is 2.79. The minimum absolute atomic E-state index is 0.330. The lowest BCUT2D eigenvalue weighted by Gasteiger charge is -2.05. The number of aryl methyl sites for hydroxylation is 1. The van der Waals surface area contributed by atoms with Gasteiger partial charge < -0.3 is 9.15 Å². The highest BCUT2D eigenvalue weighted by Gasteiger charge is 2.08. The second-order valence-electron chi connectivity index (χ2n) is 4.08. The Balaban J connectivity index is 2.43. The van der Waals surface area contributed by atoms with Crippen LogP contribution < -0.4 is 5.63 Å². The van der Waals surface area contributed by atoms with Crippen molar-refractivity contribution in [1.82, 2.24) is 0 Å². The summed E-state index contributed by atoms with van der Waals surface area (Å²) in [5.74, 6) is 0.160. The van der Waals surface area contributed by atoms with Gasteiger partial charge in [0, 0.05) is 6.07 Å². The van der Waals surface area contributed by atoms with Crippen LogP contribution in [0.5, 0.6) is 0 Å². The molecule has 0 atom stereocenters. The molecule has 2 aromatic rings. The number of esters is 1. The monoisotopic (exact) mass is 258 g/mol. The van der Waals surface area contributed by atoms with Crippen LogP contribution in [0.2, 0.25) is 0 Å². The van der Waals surface area contributed by atoms with E-state index in [9.17, 15) is 9.59 Å². The van der Waals surface area contributed by atoms with Gasteiger partial charge in [-0.25, -0.2) is 9.59 Å². The van der Waals surface area contributed by atoms with Crippen molar-refractivity contribution in [2.45, 2.75) is 13.8 Å². The van der Waals surface area contributed by atoms with E-state index in [2.05, 4.69) is 0 Å². The smallest absolute Gasteiger partial charge is 0.338 e. The van der Waals surface area contributed by atoms with E-state index in [0.29, 0.717) is 17.9 Å². The van der Waals surface area contributed by atoms with Crippen LogP contribution in [0.4, 0.5) is 0 Å². The Labute approximate surface area is 110 Å². The Morgan fingerprint density at radius 3 is 2.68 bits per heavy atom. The highest BCUT2D eigenvalue weighted by atomic mass is 16.5. The van der Waals surface area contributed by atoms with Crippen LogP contribution in [-0.2, 0) is 4.74 Å². The fourth-order valence-corrected chi connectivity index (χ4v) is 1.81. The zero-order valence-electron chi connectivity index (χ0n) is 10.8. The largest absolute Gasteiger partial charge is 0.462 e. The molecule has 4 heteroatoms. The van der Waals surface area contributed by atoms with Gasteiger partial charge in [-0.3, -0.25) is 0 Å². The van der Waals surface area contributed by atoms with E-state index < -0.39 is 5.63 Å². The number of rotatable bonds is 3. The van der Waals surface area contributed by atoms with Crippen LogP contribution in [0.25, 0.3) is 11.1 Å². The second-order valence-corrected chi connectivity index (χ2v) is 4.08. The molecule has 1 heterocycles. The Morgan fingerprint density at radius 2 is 2.00 bits per heavy atom. The third-order valence-electron chi connectivity index (χ3n) is 2.60. The molecule has 1 aromatic heterocycles. The van der Waals surface area contributed by atoms with Crippen molar-refractivity contribution < 1.29 is 13.9 Å². The Bertz CT molecular complexity index is 655. The van der Waals surface area contributed by atoms with E-state index in [1.165, 1.54) is 6.07 Å². The van der Waals surface area contributed by atoms with Crippen molar-refractivity contribution >= 4 is 5.97 Å². The van der Waals surface area contributed by atoms with Gasteiger partial charge in [0.1, 0.15) is 5.76 Å². The average Bonchev–Trinajstić information content (AvgIpc) is 2.38. The third-order valence-corrected chi connectivity index (χ3v) is 2.60. The van der Waals surface area contributed by atoms with Gasteiger partial charge in [0.25, 0.3) is 0 Å². The van der Waals surface area contributed by atoms with Crippen LogP contribution in [0.1, 0.15) is 23.0 Å². The van der Waals surface area contributed by atoms with Crippen LogP contribution in [0.15, 0.2) is 45.6 Å². The van der Waals surface area contributed by atoms with E-state index >= 15 is 0 Å². The van der Waals surface area contributed by atoms with Crippen molar-refractivity contribution in [3.8, 4) is 11.1 Å². The zero-order chi connectivity index (χ0) is 13.8. The summed E-state index contributed by atoms with van der Waals surface area (Å²) in [4.78, 5) is 23.0. The molecular weight excluding hydrogens is 244 g/mol. The minimum Gasteiger partial charge on any atom is -0.462 e. The molecule has 0 N–H and O–H groups in total. The van der Waals surface area contributed by atoms with Crippen LogP contribution in [0, 0.1) is 6.92 Å². The van der Waals surface area contributed by atoms with Crippen molar-refractivity contribution in [3.63, 3.8) is 0 Å². The molecule has 0 aliphatic rings. The first-order chi connectivity index (χ1) is 9.10. The van der Waals surface area contributed by atoms with Crippen LogP contribution in [-0.4, -0.2) is 12.6 Å². The molecule has 0 aliphatic heterocycles. The molecule has 0 saturated heterocycles. The molecular formula is C15H14O4. The molecule has 0 bridgehead atoms. The lowest BCUT2D eigenvalue weighted by molar-refractivity contribution is 0.0526. The van der Waals surface area contributed by atoms with Gasteiger partial charge in [-0.2, -0.15) is 0 Å². The zero-order valence-corrected chi connectivity index (χ0v) is 10.8. The molecule has 2 rings (SSSR count). The predicted molar refractivity (Wildman–Crippen MR) is 71.1 cm³/mol. The first-order valence-electron chi connectivity index (χ1n) is 5.99. The summed E-state index contributed by atoms with van der Waals surface area (Å²) >= 11 is 0. The van der Waals surface area contributed by atoms with Crippen molar-refractivity contribution in [2.24, 2.45) is 0 Å². The van der Waals surface area contributed by atoms with E-state index in [1.54, 1.807) is 38.1 Å². The van der Waals surface area contributed by atoms with Gasteiger partial charge in [-0.15, -0.1) is 0 Å². The van der Waals surface area contributed by atoms with Gasteiger partial charge in [0.15, 0.2) is 0 Å². The van der Waals surface area contributed by atoms with Gasteiger partial charge in [-0.1, -0.05) is 12.1 Å². The van der Waals surface area contributed by atoms with Crippen LogP contribution in [0.3, 0.4) is 0 Å². The van der Waals surface area contributed by atoms with Crippen molar-refractivity contribution in [3.05, 3.63) is 58.1 Å². The summed E-state index contributed by atoms with van der Waals surface area (Å²) in [5.41, 5.74) is 1.56. The third kappa shape index (κ3) is 3.10. The Morgan fingerprint density at radius 1 is 1.21 bits per heavy atom. The number of carbonyl (C=O) groups excluding carboxylic acids is 1. The van der Waals surface area contributed by atoms with Crippen molar-refractivity contribution in [2.75, 3.05) is 6.61 Å². The maximum Gasteiger partial charge on any atom is 0.338 e. The lowest BCUT2D eigenvalue weighted by atomic mass is 10.0. The second kappa shape index (κ2) is 5.52. The Hall–Kier alpha value is -2.36. The topological polar surface area (TPSA) is 56.5 Å². The maximum atomic E-state index is 11.7. The van der Waals surface area contributed by atoms with E-state index in [4.69, 9.17) is 9.15 Å². The van der Waals surface area contributed by atoms with Gasteiger partial charge in [0.2, 0.25) is 0 Å². The normalized spacial score (nSPS) is 10.2. The first kappa shape index (κ1) is 13.1. The highest BCUT2D eigenvalue weighted by Crippen LogP contribution is 2.20. The first-order valence-corrected chi connectivity index (χ1v) is 5.99. The van der Waals surface area contributed by atoms with Gasteiger partial charge >= 0.3 is 11.6 Å².